The molecule has 0 aromatic carbocycles. The standard InChI is InChI=1S/C7H2ClF3N2.C7H2F3IN2.C6H3ClF3NO.C6H3ClF3N/c8-6-2-1-4(7(9,10)11)5(3-12)13-6;8-7(9,10)4-1-2-6(11)13-5(4)3-12;7-5-2-1-4(3-11(5)12)6(8,9)10;7-5-2-1-4(3-11-5)6(8,9)10/h2*1-2H;1-3H;1-3H. The lowest BCUT2D eigenvalue weighted by molar-refractivity contribution is -0.604. The molecular formula is C26H10Cl3F12IN6O. The molecule has 0 fully saturated rings. The third-order valence-corrected chi connectivity index (χ3v) is 6.12. The molecule has 4 aromatic rings. The van der Waals surface area contributed by atoms with Gasteiger partial charge in [0.25, 0.3) is 5.15 Å². The van der Waals surface area contributed by atoms with E-state index in [4.69, 9.17) is 45.3 Å². The van der Waals surface area contributed by atoms with Crippen LogP contribution in [0.5, 0.6) is 0 Å². The van der Waals surface area contributed by atoms with Crippen LogP contribution < -0.4 is 4.73 Å². The van der Waals surface area contributed by atoms with E-state index < -0.39 is 58.3 Å². The lowest BCUT2D eigenvalue weighted by Gasteiger charge is -2.06. The van der Waals surface area contributed by atoms with Crippen LogP contribution >= 0.6 is 57.4 Å². The van der Waals surface area contributed by atoms with Crippen LogP contribution in [0.1, 0.15) is 33.6 Å². The molecule has 4 aromatic heterocycles. The number of pyridine rings is 4. The van der Waals surface area contributed by atoms with Gasteiger partial charge in [0.15, 0.2) is 17.6 Å². The van der Waals surface area contributed by atoms with E-state index in [1.807, 2.05) is 0 Å². The fourth-order valence-corrected chi connectivity index (χ4v) is 3.46. The molecule has 0 aliphatic rings. The second-order valence-corrected chi connectivity index (χ2v) is 10.5. The minimum Gasteiger partial charge on any atom is -0.618 e. The van der Waals surface area contributed by atoms with E-state index in [9.17, 15) is 57.9 Å². The average Bonchev–Trinajstić information content (AvgIpc) is 2.97. The fraction of sp³-hybridized carbons (Fsp3) is 0.154. The quantitative estimate of drug-likeness (QED) is 0.0572. The van der Waals surface area contributed by atoms with Crippen LogP contribution in [0.2, 0.25) is 15.5 Å². The zero-order valence-electron chi connectivity index (χ0n) is 22.9. The summed E-state index contributed by atoms with van der Waals surface area (Å²) in [5.74, 6) is 0. The van der Waals surface area contributed by atoms with Gasteiger partial charge in [-0.25, -0.2) is 15.0 Å². The third-order valence-electron chi connectivity index (χ3n) is 4.79. The Morgan fingerprint density at radius 1 is 0.612 bits per heavy atom. The van der Waals surface area contributed by atoms with Gasteiger partial charge < -0.3 is 5.21 Å². The van der Waals surface area contributed by atoms with E-state index in [-0.39, 0.29) is 20.2 Å². The number of hydrogen-bond donors (Lipinski definition) is 0. The Bertz CT molecular complexity index is 1730. The molecule has 4 heterocycles. The van der Waals surface area contributed by atoms with Crippen molar-refractivity contribution in [3.05, 3.63) is 119 Å². The van der Waals surface area contributed by atoms with E-state index in [0.717, 1.165) is 42.5 Å². The molecule has 0 aliphatic heterocycles. The van der Waals surface area contributed by atoms with Crippen LogP contribution in [0.25, 0.3) is 0 Å². The van der Waals surface area contributed by atoms with Crippen LogP contribution in [0.3, 0.4) is 0 Å². The van der Waals surface area contributed by atoms with Gasteiger partial charge in [0, 0.05) is 12.3 Å². The summed E-state index contributed by atoms with van der Waals surface area (Å²) in [5, 5.41) is 26.9. The molecule has 0 bridgehead atoms. The zero-order valence-corrected chi connectivity index (χ0v) is 27.3. The minimum atomic E-state index is -4.57. The average molecular weight is 884 g/mol. The largest absolute Gasteiger partial charge is 0.618 e. The smallest absolute Gasteiger partial charge is 0.422 e. The number of nitrogens with zero attached hydrogens (tertiary/aromatic N) is 6. The Balaban J connectivity index is 0.000000327. The van der Waals surface area contributed by atoms with Crippen LogP contribution in [0.15, 0.2) is 60.9 Å². The van der Waals surface area contributed by atoms with Gasteiger partial charge in [0.1, 0.15) is 31.7 Å². The Labute approximate surface area is 295 Å². The van der Waals surface area contributed by atoms with Crippen molar-refractivity contribution in [1.29, 1.82) is 10.5 Å². The Morgan fingerprint density at radius 3 is 1.47 bits per heavy atom. The summed E-state index contributed by atoms with van der Waals surface area (Å²) in [7, 11) is 0. The number of nitriles is 2. The van der Waals surface area contributed by atoms with E-state index in [2.05, 4.69) is 15.0 Å². The highest BCUT2D eigenvalue weighted by molar-refractivity contribution is 14.1. The Kier molecular flexibility index (Phi) is 15.6. The Morgan fingerprint density at radius 2 is 1.06 bits per heavy atom. The van der Waals surface area contributed by atoms with Gasteiger partial charge in [0.2, 0.25) is 0 Å². The van der Waals surface area contributed by atoms with Crippen molar-refractivity contribution in [3.8, 4) is 12.1 Å². The monoisotopic (exact) mass is 882 g/mol. The van der Waals surface area contributed by atoms with Gasteiger partial charge in [-0.3, -0.25) is 0 Å². The van der Waals surface area contributed by atoms with E-state index in [0.29, 0.717) is 16.1 Å². The van der Waals surface area contributed by atoms with E-state index in [1.54, 1.807) is 22.6 Å². The molecule has 0 N–H and O–H groups in total. The van der Waals surface area contributed by atoms with Crippen molar-refractivity contribution >= 4 is 57.4 Å². The molecule has 0 unspecified atom stereocenters. The zero-order chi connectivity index (χ0) is 38.0. The number of aromatic nitrogens is 4. The van der Waals surface area contributed by atoms with Gasteiger partial charge in [-0.05, 0) is 76.7 Å². The van der Waals surface area contributed by atoms with E-state index in [1.165, 1.54) is 18.2 Å². The normalized spacial score (nSPS) is 11.3. The van der Waals surface area contributed by atoms with Gasteiger partial charge in [-0.2, -0.15) is 67.9 Å². The maximum absolute atomic E-state index is 12.2. The van der Waals surface area contributed by atoms with Gasteiger partial charge >= 0.3 is 24.7 Å². The number of halogens is 16. The third kappa shape index (κ3) is 14.7. The fourth-order valence-electron chi connectivity index (χ4n) is 2.67. The lowest BCUT2D eigenvalue weighted by Crippen LogP contribution is -2.29. The summed E-state index contributed by atoms with van der Waals surface area (Å²) < 4.78 is 144. The first-order valence-corrected chi connectivity index (χ1v) is 13.9. The molecule has 0 saturated carbocycles. The number of alkyl halides is 12. The molecule has 0 atom stereocenters. The summed E-state index contributed by atoms with van der Waals surface area (Å²) in [6.07, 6.45) is -16.8. The highest BCUT2D eigenvalue weighted by Crippen LogP contribution is 2.33. The minimum absolute atomic E-state index is 0.0373. The van der Waals surface area contributed by atoms with E-state index >= 15 is 0 Å². The second-order valence-electron chi connectivity index (χ2n) is 8.21. The molecule has 262 valence electrons. The highest BCUT2D eigenvalue weighted by atomic mass is 127. The maximum Gasteiger partial charge on any atom is 0.422 e. The van der Waals surface area contributed by atoms with Gasteiger partial charge in [-0.1, -0.05) is 23.2 Å². The first-order chi connectivity index (χ1) is 22.3. The van der Waals surface area contributed by atoms with Crippen molar-refractivity contribution in [2.24, 2.45) is 0 Å². The SMILES string of the molecule is FC(F)(F)c1ccc(Cl)nc1.N#Cc1nc(Cl)ccc1C(F)(F)F.N#Cc1nc(I)ccc1C(F)(F)F.[O-][n+]1cc(C(F)(F)F)ccc1Cl. The highest BCUT2D eigenvalue weighted by Gasteiger charge is 2.36. The first kappa shape index (κ1) is 43.2. The first-order valence-electron chi connectivity index (χ1n) is 11.7. The molecule has 49 heavy (non-hydrogen) atoms. The molecule has 0 spiro atoms. The predicted molar refractivity (Wildman–Crippen MR) is 155 cm³/mol. The summed E-state index contributed by atoms with van der Waals surface area (Å²) in [6.45, 7) is 0. The van der Waals surface area contributed by atoms with Crippen molar-refractivity contribution in [2.75, 3.05) is 0 Å². The lowest BCUT2D eigenvalue weighted by atomic mass is 10.2. The molecule has 0 amide bonds. The molecule has 7 nitrogen and oxygen atoms in total. The summed E-state index contributed by atoms with van der Waals surface area (Å²) in [5.41, 5.74) is -5.15. The van der Waals surface area contributed by atoms with Gasteiger partial charge in [-0.15, -0.1) is 0 Å². The van der Waals surface area contributed by atoms with Crippen molar-refractivity contribution in [2.45, 2.75) is 24.7 Å². The molecule has 0 aliphatic carbocycles. The molecule has 0 saturated heterocycles. The predicted octanol–water partition coefficient (Wildman–Crippen LogP) is 9.95. The summed E-state index contributed by atoms with van der Waals surface area (Å²) in [6, 6.07) is 10.2. The van der Waals surface area contributed by atoms with Crippen LogP contribution in [0, 0.1) is 31.6 Å². The molecular weight excluding hydrogens is 874 g/mol. The maximum atomic E-state index is 12.2. The topological polar surface area (TPSA) is 113 Å². The second kappa shape index (κ2) is 17.7. The van der Waals surface area contributed by atoms with Crippen LogP contribution in [-0.4, -0.2) is 15.0 Å². The summed E-state index contributed by atoms with van der Waals surface area (Å²) >= 11 is 17.6. The molecule has 0 radical (unpaired) electrons. The van der Waals surface area contributed by atoms with Gasteiger partial charge in [0.05, 0.1) is 16.7 Å². The van der Waals surface area contributed by atoms with Crippen LogP contribution in [0.4, 0.5) is 52.7 Å². The van der Waals surface area contributed by atoms with Crippen molar-refractivity contribution in [3.63, 3.8) is 0 Å². The number of rotatable bonds is 0. The Hall–Kier alpha value is -3.86. The van der Waals surface area contributed by atoms with Crippen molar-refractivity contribution in [1.82, 2.24) is 15.0 Å². The molecule has 23 heteroatoms. The summed E-state index contributed by atoms with van der Waals surface area (Å²) in [4.78, 5) is 10.00. The van der Waals surface area contributed by atoms with Crippen LogP contribution in [-0.2, 0) is 24.7 Å². The van der Waals surface area contributed by atoms with Crippen molar-refractivity contribution < 1.29 is 57.4 Å². The number of hydrogen-bond acceptors (Lipinski definition) is 6. The molecule has 4 rings (SSSR count).